The standard InChI is InChI=1S/C26H33FN2O6/c1-6-34-23(31)17-14-29(15-9-10-15)20-16(21(17)30)13-18(27)19(22(20)33-5)26(11-7-8-12-26)28-24(32)35-25(2,3)4/h13-15H,6-12H2,1-5H3,(H,28,32). The highest BCUT2D eigenvalue weighted by molar-refractivity contribution is 5.96. The van der Waals surface area contributed by atoms with Gasteiger partial charge in [0.05, 0.1) is 35.7 Å². The maximum Gasteiger partial charge on any atom is 0.408 e. The van der Waals surface area contributed by atoms with Crippen LogP contribution < -0.4 is 15.5 Å². The molecule has 1 aromatic heterocycles. The van der Waals surface area contributed by atoms with E-state index in [1.807, 2.05) is 4.57 Å². The Bertz CT molecular complexity index is 1220. The third-order valence-corrected chi connectivity index (χ3v) is 6.54. The van der Waals surface area contributed by atoms with Crippen molar-refractivity contribution < 1.29 is 28.2 Å². The highest BCUT2D eigenvalue weighted by Crippen LogP contribution is 2.48. The molecule has 35 heavy (non-hydrogen) atoms. The fourth-order valence-corrected chi connectivity index (χ4v) is 5.01. The molecule has 0 unspecified atom stereocenters. The third kappa shape index (κ3) is 4.73. The van der Waals surface area contributed by atoms with Gasteiger partial charge in [0.15, 0.2) is 5.75 Å². The second-order valence-electron chi connectivity index (χ2n) is 10.3. The summed E-state index contributed by atoms with van der Waals surface area (Å²) >= 11 is 0. The molecule has 0 spiro atoms. The molecule has 2 fully saturated rings. The van der Waals surface area contributed by atoms with E-state index in [-0.39, 0.29) is 34.9 Å². The zero-order valence-electron chi connectivity index (χ0n) is 21.0. The molecule has 1 N–H and O–H groups in total. The van der Waals surface area contributed by atoms with Gasteiger partial charge in [-0.15, -0.1) is 0 Å². The number of methoxy groups -OCH3 is 1. The number of alkyl carbamates (subject to hydrolysis) is 1. The van der Waals surface area contributed by atoms with Crippen molar-refractivity contribution in [3.63, 3.8) is 0 Å². The molecule has 2 aliphatic rings. The van der Waals surface area contributed by atoms with Gasteiger partial charge in [0.25, 0.3) is 0 Å². The second kappa shape index (κ2) is 9.17. The van der Waals surface area contributed by atoms with E-state index >= 15 is 4.39 Å². The zero-order chi connectivity index (χ0) is 25.5. The fraction of sp³-hybridized carbons (Fsp3) is 0.577. The number of nitrogens with one attached hydrogen (secondary N) is 1. The predicted octanol–water partition coefficient (Wildman–Crippen LogP) is 4.95. The average molecular weight is 489 g/mol. The largest absolute Gasteiger partial charge is 0.494 e. The van der Waals surface area contributed by atoms with E-state index in [1.54, 1.807) is 27.7 Å². The van der Waals surface area contributed by atoms with Crippen LogP contribution in [0.15, 0.2) is 17.1 Å². The molecule has 2 aliphatic carbocycles. The summed E-state index contributed by atoms with van der Waals surface area (Å²) in [6, 6.07) is 1.21. The van der Waals surface area contributed by atoms with Crippen molar-refractivity contribution in [2.45, 2.75) is 83.4 Å². The molecule has 4 rings (SSSR count). The molecule has 190 valence electrons. The molecule has 0 atom stereocenters. The minimum Gasteiger partial charge on any atom is -0.494 e. The van der Waals surface area contributed by atoms with Crippen molar-refractivity contribution in [3.8, 4) is 5.75 Å². The number of halogens is 1. The molecule has 0 saturated heterocycles. The molecule has 1 heterocycles. The van der Waals surface area contributed by atoms with Gasteiger partial charge in [-0.1, -0.05) is 12.8 Å². The van der Waals surface area contributed by atoms with E-state index in [1.165, 1.54) is 13.3 Å². The Morgan fingerprint density at radius 1 is 1.23 bits per heavy atom. The second-order valence-corrected chi connectivity index (χ2v) is 10.3. The van der Waals surface area contributed by atoms with Crippen LogP contribution in [0.25, 0.3) is 10.9 Å². The van der Waals surface area contributed by atoms with Crippen LogP contribution in [0.1, 0.15) is 88.2 Å². The predicted molar refractivity (Wildman–Crippen MR) is 128 cm³/mol. The lowest BCUT2D eigenvalue weighted by atomic mass is 9.85. The zero-order valence-corrected chi connectivity index (χ0v) is 21.0. The fourth-order valence-electron chi connectivity index (χ4n) is 5.01. The molecule has 0 radical (unpaired) electrons. The summed E-state index contributed by atoms with van der Waals surface area (Å²) in [7, 11) is 1.43. The summed E-state index contributed by atoms with van der Waals surface area (Å²) in [6.45, 7) is 7.07. The van der Waals surface area contributed by atoms with Gasteiger partial charge < -0.3 is 24.1 Å². The molecule has 1 aromatic carbocycles. The van der Waals surface area contributed by atoms with Crippen molar-refractivity contribution in [2.24, 2.45) is 0 Å². The topological polar surface area (TPSA) is 95.9 Å². The lowest BCUT2D eigenvalue weighted by molar-refractivity contribution is 0.0448. The van der Waals surface area contributed by atoms with Gasteiger partial charge in [-0.05, 0) is 59.4 Å². The van der Waals surface area contributed by atoms with Crippen molar-refractivity contribution in [1.29, 1.82) is 0 Å². The summed E-state index contributed by atoms with van der Waals surface area (Å²) in [4.78, 5) is 38.6. The van der Waals surface area contributed by atoms with Crippen LogP contribution in [0.3, 0.4) is 0 Å². The van der Waals surface area contributed by atoms with Crippen LogP contribution in [-0.4, -0.2) is 35.9 Å². The number of hydrogen-bond acceptors (Lipinski definition) is 6. The minimum atomic E-state index is -1.05. The maximum atomic E-state index is 15.9. The quantitative estimate of drug-likeness (QED) is 0.578. The van der Waals surface area contributed by atoms with Crippen molar-refractivity contribution in [2.75, 3.05) is 13.7 Å². The van der Waals surface area contributed by atoms with E-state index < -0.39 is 34.4 Å². The summed E-state index contributed by atoms with van der Waals surface area (Å²) in [5, 5.41) is 2.98. The monoisotopic (exact) mass is 488 g/mol. The molecule has 9 heteroatoms. The van der Waals surface area contributed by atoms with Gasteiger partial charge in [-0.2, -0.15) is 0 Å². The number of benzene rings is 1. The minimum absolute atomic E-state index is 0.0472. The number of fused-ring (bicyclic) bond motifs is 1. The first kappa shape index (κ1) is 25.0. The van der Waals surface area contributed by atoms with Gasteiger partial charge in [0.2, 0.25) is 5.43 Å². The Hall–Kier alpha value is -3.10. The van der Waals surface area contributed by atoms with E-state index in [0.717, 1.165) is 31.7 Å². The number of carbonyl (C=O) groups excluding carboxylic acids is 2. The molecule has 8 nitrogen and oxygen atoms in total. The van der Waals surface area contributed by atoms with E-state index in [4.69, 9.17) is 14.2 Å². The normalized spacial score (nSPS) is 17.3. The molecular formula is C26H33FN2O6. The van der Waals surface area contributed by atoms with Crippen LogP contribution in [0, 0.1) is 5.82 Å². The summed E-state index contributed by atoms with van der Waals surface area (Å²) < 4.78 is 34.1. The number of aromatic nitrogens is 1. The van der Waals surface area contributed by atoms with Crippen LogP contribution in [0.4, 0.5) is 9.18 Å². The molecule has 0 aliphatic heterocycles. The van der Waals surface area contributed by atoms with Gasteiger partial charge in [0, 0.05) is 12.2 Å². The number of nitrogens with zero attached hydrogens (tertiary/aromatic N) is 1. The van der Waals surface area contributed by atoms with Gasteiger partial charge in [-0.25, -0.2) is 14.0 Å². The van der Waals surface area contributed by atoms with Gasteiger partial charge in [0.1, 0.15) is 17.0 Å². The highest BCUT2D eigenvalue weighted by Gasteiger charge is 2.44. The molecule has 2 aromatic rings. The van der Waals surface area contributed by atoms with Gasteiger partial charge in [-0.3, -0.25) is 4.79 Å². The van der Waals surface area contributed by atoms with Crippen LogP contribution in [0.2, 0.25) is 0 Å². The van der Waals surface area contributed by atoms with E-state index in [2.05, 4.69) is 5.32 Å². The molecule has 0 bridgehead atoms. The number of amides is 1. The first-order chi connectivity index (χ1) is 16.5. The summed E-state index contributed by atoms with van der Waals surface area (Å²) in [5.41, 5.74) is -1.89. The Balaban J connectivity index is 1.95. The number of pyridine rings is 1. The van der Waals surface area contributed by atoms with E-state index in [0.29, 0.717) is 18.4 Å². The smallest absolute Gasteiger partial charge is 0.408 e. The maximum absolute atomic E-state index is 15.9. The first-order valence-corrected chi connectivity index (χ1v) is 12.2. The summed E-state index contributed by atoms with van der Waals surface area (Å²) in [5.74, 6) is -1.22. The Morgan fingerprint density at radius 3 is 2.43 bits per heavy atom. The number of ether oxygens (including phenoxy) is 3. The Morgan fingerprint density at radius 2 is 1.89 bits per heavy atom. The lowest BCUT2D eigenvalue weighted by Gasteiger charge is -2.34. The summed E-state index contributed by atoms with van der Waals surface area (Å²) in [6.07, 6.45) is 5.14. The lowest BCUT2D eigenvalue weighted by Crippen LogP contribution is -2.46. The molecule has 2 saturated carbocycles. The molecular weight excluding hydrogens is 455 g/mol. The third-order valence-electron chi connectivity index (χ3n) is 6.54. The number of esters is 1. The molecule has 1 amide bonds. The van der Waals surface area contributed by atoms with Crippen molar-refractivity contribution in [3.05, 3.63) is 39.4 Å². The Kier molecular flexibility index (Phi) is 6.55. The number of hydrogen-bond donors (Lipinski definition) is 1. The van der Waals surface area contributed by atoms with Crippen LogP contribution in [0.5, 0.6) is 5.75 Å². The SMILES string of the molecule is CCOC(=O)c1cn(C2CC2)c2c(OC)c(C3(NC(=O)OC(C)(C)C)CCCC3)c(F)cc2c1=O. The number of carbonyl (C=O) groups is 2. The highest BCUT2D eigenvalue weighted by atomic mass is 19.1. The van der Waals surface area contributed by atoms with E-state index in [9.17, 15) is 14.4 Å². The average Bonchev–Trinajstić information content (AvgIpc) is 3.51. The van der Waals surface area contributed by atoms with Crippen molar-refractivity contribution >= 4 is 23.0 Å². The van der Waals surface area contributed by atoms with Gasteiger partial charge >= 0.3 is 12.1 Å². The first-order valence-electron chi connectivity index (χ1n) is 12.2. The van der Waals surface area contributed by atoms with Crippen LogP contribution >= 0.6 is 0 Å². The van der Waals surface area contributed by atoms with Crippen molar-refractivity contribution in [1.82, 2.24) is 9.88 Å². The Labute approximate surface area is 203 Å². The number of rotatable bonds is 6. The van der Waals surface area contributed by atoms with Crippen LogP contribution in [-0.2, 0) is 15.0 Å².